The lowest BCUT2D eigenvalue weighted by molar-refractivity contribution is -0.116. The maximum atomic E-state index is 13.4. The minimum atomic E-state index is -0.219. The number of fused-ring (bicyclic) bond motifs is 2. The van der Waals surface area contributed by atoms with Gasteiger partial charge in [0.1, 0.15) is 5.75 Å². The molecule has 1 amide bonds. The zero-order valence-electron chi connectivity index (χ0n) is 17.8. The van der Waals surface area contributed by atoms with E-state index in [1.807, 2.05) is 30.3 Å². The topological polar surface area (TPSA) is 64.4 Å². The van der Waals surface area contributed by atoms with E-state index < -0.39 is 0 Å². The molecule has 1 aliphatic rings. The van der Waals surface area contributed by atoms with Gasteiger partial charge in [-0.2, -0.15) is 0 Å². The summed E-state index contributed by atoms with van der Waals surface area (Å²) in [6.07, 6.45) is 0.843. The van der Waals surface area contributed by atoms with Crippen molar-refractivity contribution < 1.29 is 9.53 Å². The summed E-state index contributed by atoms with van der Waals surface area (Å²) in [5.74, 6) is 0.647. The highest BCUT2D eigenvalue weighted by atomic mass is 35.5. The third kappa shape index (κ3) is 3.98. The van der Waals surface area contributed by atoms with Crippen LogP contribution in [-0.2, 0) is 11.2 Å². The Morgan fingerprint density at radius 3 is 2.73 bits per heavy atom. The average molecular weight is 478 g/mol. The number of hydrogen-bond donors (Lipinski definition) is 0. The van der Waals surface area contributed by atoms with Crippen molar-refractivity contribution in [3.8, 4) is 11.4 Å². The Bertz CT molecular complexity index is 1440. The largest absolute Gasteiger partial charge is 0.495 e. The number of benzene rings is 3. The predicted molar refractivity (Wildman–Crippen MR) is 132 cm³/mol. The Morgan fingerprint density at radius 1 is 1.12 bits per heavy atom. The van der Waals surface area contributed by atoms with E-state index in [0.717, 1.165) is 12.1 Å². The smallest absolute Gasteiger partial charge is 0.266 e. The fraction of sp³-hybridized carbons (Fsp3) is 0.160. The molecule has 8 heteroatoms. The number of anilines is 1. The number of nitrogens with zero attached hydrogens (tertiary/aromatic N) is 3. The molecule has 166 valence electrons. The predicted octanol–water partition coefficient (Wildman–Crippen LogP) is 4.73. The second-order valence-corrected chi connectivity index (χ2v) is 8.93. The van der Waals surface area contributed by atoms with Gasteiger partial charge in [0.15, 0.2) is 5.16 Å². The summed E-state index contributed by atoms with van der Waals surface area (Å²) >= 11 is 7.58. The Hall–Kier alpha value is -3.29. The van der Waals surface area contributed by atoms with Gasteiger partial charge in [-0.3, -0.25) is 14.2 Å². The summed E-state index contributed by atoms with van der Waals surface area (Å²) in [5.41, 5.74) is 3.05. The first kappa shape index (κ1) is 21.6. The summed E-state index contributed by atoms with van der Waals surface area (Å²) in [7, 11) is 1.54. The number of carbonyl (C=O) groups excluding carboxylic acids is 1. The highest BCUT2D eigenvalue weighted by Crippen LogP contribution is 2.31. The lowest BCUT2D eigenvalue weighted by Crippen LogP contribution is -2.31. The fourth-order valence-electron chi connectivity index (χ4n) is 4.03. The maximum Gasteiger partial charge on any atom is 0.266 e. The minimum Gasteiger partial charge on any atom is -0.495 e. The Labute approximate surface area is 199 Å². The summed E-state index contributed by atoms with van der Waals surface area (Å²) in [6.45, 7) is 0.658. The molecule has 0 saturated carbocycles. The molecule has 3 aromatic carbocycles. The highest BCUT2D eigenvalue weighted by molar-refractivity contribution is 7.99. The maximum absolute atomic E-state index is 13.4. The van der Waals surface area contributed by atoms with Crippen molar-refractivity contribution in [1.29, 1.82) is 0 Å². The average Bonchev–Trinajstić information content (AvgIpc) is 3.27. The summed E-state index contributed by atoms with van der Waals surface area (Å²) < 4.78 is 6.74. The number of para-hydroxylation sites is 2. The SMILES string of the molecule is COc1ccc(-n2c(SCC(=O)N3CCc4ccccc43)nc3ccccc3c2=O)cc1Cl. The molecule has 2 heterocycles. The summed E-state index contributed by atoms with van der Waals surface area (Å²) in [6, 6.07) is 20.2. The van der Waals surface area contributed by atoms with Crippen LogP contribution < -0.4 is 15.2 Å². The molecule has 0 atom stereocenters. The fourth-order valence-corrected chi connectivity index (χ4v) is 5.17. The number of hydrogen-bond acceptors (Lipinski definition) is 5. The zero-order chi connectivity index (χ0) is 22.9. The van der Waals surface area contributed by atoms with Crippen LogP contribution in [0.3, 0.4) is 0 Å². The molecule has 0 bridgehead atoms. The van der Waals surface area contributed by atoms with Crippen LogP contribution in [0.25, 0.3) is 16.6 Å². The minimum absolute atomic E-state index is 0.0216. The monoisotopic (exact) mass is 477 g/mol. The Morgan fingerprint density at radius 2 is 1.91 bits per heavy atom. The molecule has 0 unspecified atom stereocenters. The molecule has 6 nitrogen and oxygen atoms in total. The van der Waals surface area contributed by atoms with E-state index in [-0.39, 0.29) is 17.2 Å². The molecule has 1 aliphatic heterocycles. The number of aromatic nitrogens is 2. The van der Waals surface area contributed by atoms with Crippen LogP contribution in [0.4, 0.5) is 5.69 Å². The van der Waals surface area contributed by atoms with Crippen LogP contribution >= 0.6 is 23.4 Å². The first-order chi connectivity index (χ1) is 16.1. The van der Waals surface area contributed by atoms with Gasteiger partial charge in [-0.05, 0) is 48.4 Å². The van der Waals surface area contributed by atoms with Gasteiger partial charge in [-0.15, -0.1) is 0 Å². The van der Waals surface area contributed by atoms with Crippen molar-refractivity contribution in [2.45, 2.75) is 11.6 Å². The normalized spacial score (nSPS) is 12.7. The van der Waals surface area contributed by atoms with Crippen LogP contribution in [0.15, 0.2) is 76.7 Å². The standard InChI is InChI=1S/C25H20ClN3O3S/c1-32-22-11-10-17(14-19(22)26)29-24(31)18-7-3-4-8-20(18)27-25(29)33-15-23(30)28-13-12-16-6-2-5-9-21(16)28/h2-11,14H,12-13,15H2,1H3. The molecule has 0 spiro atoms. The second-order valence-electron chi connectivity index (χ2n) is 7.58. The molecule has 0 aliphatic carbocycles. The number of carbonyl (C=O) groups is 1. The molecule has 0 radical (unpaired) electrons. The number of amides is 1. The molecule has 33 heavy (non-hydrogen) atoms. The van der Waals surface area contributed by atoms with Crippen molar-refractivity contribution in [3.05, 3.63) is 87.7 Å². The van der Waals surface area contributed by atoms with Crippen molar-refractivity contribution in [3.63, 3.8) is 0 Å². The Balaban J connectivity index is 1.52. The van der Waals surface area contributed by atoms with Gasteiger partial charge in [-0.25, -0.2) is 4.98 Å². The third-order valence-corrected chi connectivity index (χ3v) is 6.87. The van der Waals surface area contributed by atoms with Crippen LogP contribution in [0, 0.1) is 0 Å². The zero-order valence-corrected chi connectivity index (χ0v) is 19.4. The molecule has 0 saturated heterocycles. The van der Waals surface area contributed by atoms with E-state index in [4.69, 9.17) is 21.3 Å². The first-order valence-electron chi connectivity index (χ1n) is 10.4. The molecule has 0 N–H and O–H groups in total. The van der Waals surface area contributed by atoms with Gasteiger partial charge in [0.05, 0.1) is 34.5 Å². The first-order valence-corrected chi connectivity index (χ1v) is 11.8. The molecule has 0 fully saturated rings. The molecular formula is C25H20ClN3O3S. The van der Waals surface area contributed by atoms with E-state index in [1.165, 1.54) is 29.0 Å². The van der Waals surface area contributed by atoms with Crippen LogP contribution in [-0.4, -0.2) is 34.9 Å². The van der Waals surface area contributed by atoms with E-state index >= 15 is 0 Å². The van der Waals surface area contributed by atoms with E-state index in [2.05, 4.69) is 0 Å². The Kier molecular flexibility index (Phi) is 5.83. The highest BCUT2D eigenvalue weighted by Gasteiger charge is 2.25. The quantitative estimate of drug-likeness (QED) is 0.307. The van der Waals surface area contributed by atoms with Crippen LogP contribution in [0.2, 0.25) is 5.02 Å². The van der Waals surface area contributed by atoms with Crippen molar-refractivity contribution in [2.24, 2.45) is 0 Å². The lowest BCUT2D eigenvalue weighted by Gasteiger charge is -2.18. The van der Waals surface area contributed by atoms with Gasteiger partial charge in [0.25, 0.3) is 5.56 Å². The van der Waals surface area contributed by atoms with Crippen molar-refractivity contribution >= 4 is 45.9 Å². The second kappa shape index (κ2) is 8.92. The van der Waals surface area contributed by atoms with Crippen molar-refractivity contribution in [2.75, 3.05) is 24.3 Å². The molecular weight excluding hydrogens is 458 g/mol. The number of thioether (sulfide) groups is 1. The molecule has 5 rings (SSSR count). The van der Waals surface area contributed by atoms with Gasteiger partial charge in [0, 0.05) is 12.2 Å². The van der Waals surface area contributed by atoms with Gasteiger partial charge in [0.2, 0.25) is 5.91 Å². The third-order valence-electron chi connectivity index (χ3n) is 5.65. The van der Waals surface area contributed by atoms with Crippen LogP contribution in [0.5, 0.6) is 5.75 Å². The number of rotatable bonds is 5. The summed E-state index contributed by atoms with van der Waals surface area (Å²) in [5, 5.41) is 1.31. The molecule has 1 aromatic heterocycles. The van der Waals surface area contributed by atoms with Gasteiger partial charge >= 0.3 is 0 Å². The number of halogens is 1. The number of ether oxygens (including phenoxy) is 1. The lowest BCUT2D eigenvalue weighted by atomic mass is 10.2. The van der Waals surface area contributed by atoms with E-state index in [1.54, 1.807) is 41.3 Å². The van der Waals surface area contributed by atoms with Gasteiger partial charge < -0.3 is 9.64 Å². The van der Waals surface area contributed by atoms with Gasteiger partial charge in [-0.1, -0.05) is 53.7 Å². The van der Waals surface area contributed by atoms with Crippen LogP contribution in [0.1, 0.15) is 5.56 Å². The van der Waals surface area contributed by atoms with Crippen molar-refractivity contribution in [1.82, 2.24) is 9.55 Å². The summed E-state index contributed by atoms with van der Waals surface area (Å²) in [4.78, 5) is 33.0. The van der Waals surface area contributed by atoms with E-state index in [0.29, 0.717) is 39.1 Å². The number of methoxy groups -OCH3 is 1. The van der Waals surface area contributed by atoms with E-state index in [9.17, 15) is 9.59 Å². The molecule has 4 aromatic rings.